The van der Waals surface area contributed by atoms with Crippen LogP contribution in [-0.2, 0) is 16.0 Å². The summed E-state index contributed by atoms with van der Waals surface area (Å²) in [5.74, 6) is -0.178. The van der Waals surface area contributed by atoms with Gasteiger partial charge in [0.25, 0.3) is 0 Å². The average molecular weight is 309 g/mol. The van der Waals surface area contributed by atoms with Crippen molar-refractivity contribution >= 4 is 9.84 Å². The number of halogens is 3. The Hall–Kier alpha value is -1.08. The Bertz CT molecular complexity index is 541. The molecule has 1 atom stereocenters. The summed E-state index contributed by atoms with van der Waals surface area (Å²) >= 11 is 0. The van der Waals surface area contributed by atoms with Crippen LogP contribution in [0.2, 0.25) is 0 Å². The molecule has 1 rings (SSSR count). The Morgan fingerprint density at radius 3 is 2.50 bits per heavy atom. The van der Waals surface area contributed by atoms with Crippen molar-refractivity contribution in [2.24, 2.45) is 0 Å². The first kappa shape index (κ1) is 17.0. The third-order valence-electron chi connectivity index (χ3n) is 2.89. The molecule has 3 nitrogen and oxygen atoms in total. The molecule has 0 heterocycles. The minimum absolute atomic E-state index is 0.000531. The highest BCUT2D eigenvalue weighted by molar-refractivity contribution is 7.91. The molecule has 0 saturated carbocycles. The number of nitrogens with one attached hydrogen (secondary N) is 1. The van der Waals surface area contributed by atoms with Gasteiger partial charge in [0, 0.05) is 6.04 Å². The second-order valence-electron chi connectivity index (χ2n) is 4.59. The van der Waals surface area contributed by atoms with Crippen molar-refractivity contribution in [3.05, 3.63) is 29.8 Å². The Labute approximate surface area is 117 Å². The number of sulfone groups is 1. The van der Waals surface area contributed by atoms with Crippen molar-refractivity contribution in [2.45, 2.75) is 37.4 Å². The van der Waals surface area contributed by atoms with E-state index in [0.29, 0.717) is 19.0 Å². The monoisotopic (exact) mass is 309 g/mol. The van der Waals surface area contributed by atoms with E-state index in [0.717, 1.165) is 12.1 Å². The molecule has 0 aliphatic heterocycles. The van der Waals surface area contributed by atoms with Gasteiger partial charge < -0.3 is 5.32 Å². The van der Waals surface area contributed by atoms with Gasteiger partial charge in [-0.2, -0.15) is 13.2 Å². The third-order valence-corrected chi connectivity index (χ3v) is 4.64. The van der Waals surface area contributed by atoms with E-state index in [1.54, 1.807) is 0 Å². The molecule has 0 amide bonds. The summed E-state index contributed by atoms with van der Waals surface area (Å²) < 4.78 is 61.7. The summed E-state index contributed by atoms with van der Waals surface area (Å²) in [7, 11) is -3.70. The predicted molar refractivity (Wildman–Crippen MR) is 71.3 cm³/mol. The van der Waals surface area contributed by atoms with Crippen molar-refractivity contribution in [3.8, 4) is 0 Å². The zero-order chi connectivity index (χ0) is 15.4. The molecular weight excluding hydrogens is 291 g/mol. The lowest BCUT2D eigenvalue weighted by Crippen LogP contribution is -2.28. The third kappa shape index (κ3) is 4.79. The van der Waals surface area contributed by atoms with Crippen LogP contribution in [0.4, 0.5) is 13.2 Å². The maximum atomic E-state index is 12.6. The Balaban J connectivity index is 2.88. The van der Waals surface area contributed by atoms with E-state index in [1.807, 2.05) is 13.8 Å². The number of hydrogen-bond acceptors (Lipinski definition) is 3. The van der Waals surface area contributed by atoms with Crippen LogP contribution in [0.25, 0.3) is 0 Å². The van der Waals surface area contributed by atoms with E-state index in [-0.39, 0.29) is 16.7 Å². The quantitative estimate of drug-likeness (QED) is 0.879. The fourth-order valence-corrected chi connectivity index (χ4v) is 3.26. The van der Waals surface area contributed by atoms with Crippen LogP contribution in [0.1, 0.15) is 25.8 Å². The van der Waals surface area contributed by atoms with E-state index in [4.69, 9.17) is 0 Å². The van der Waals surface area contributed by atoms with E-state index < -0.39 is 21.6 Å². The van der Waals surface area contributed by atoms with Gasteiger partial charge in [-0.15, -0.1) is 0 Å². The Kier molecular flexibility index (Phi) is 5.59. The van der Waals surface area contributed by atoms with Gasteiger partial charge in [0.2, 0.25) is 0 Å². The second kappa shape index (κ2) is 6.58. The van der Waals surface area contributed by atoms with Gasteiger partial charge in [-0.25, -0.2) is 8.42 Å². The minimum Gasteiger partial charge on any atom is -0.314 e. The average Bonchev–Trinajstić information content (AvgIpc) is 2.36. The lowest BCUT2D eigenvalue weighted by atomic mass is 10.2. The summed E-state index contributed by atoms with van der Waals surface area (Å²) in [5.41, 5.74) is -0.946. The predicted octanol–water partition coefficient (Wildman–Crippen LogP) is 2.87. The maximum Gasteiger partial charge on any atom is 0.416 e. The molecule has 20 heavy (non-hydrogen) atoms. The molecule has 0 aliphatic carbocycles. The number of alkyl halides is 3. The normalized spacial score (nSPS) is 14.2. The molecule has 1 unspecified atom stereocenters. The van der Waals surface area contributed by atoms with Crippen molar-refractivity contribution < 1.29 is 21.6 Å². The lowest BCUT2D eigenvalue weighted by molar-refractivity contribution is -0.137. The first-order valence-corrected chi connectivity index (χ1v) is 7.95. The Morgan fingerprint density at radius 2 is 1.95 bits per heavy atom. The fraction of sp³-hybridized carbons (Fsp3) is 0.538. The van der Waals surface area contributed by atoms with Crippen LogP contribution < -0.4 is 5.32 Å². The number of benzene rings is 1. The van der Waals surface area contributed by atoms with Gasteiger partial charge >= 0.3 is 6.18 Å². The first-order valence-electron chi connectivity index (χ1n) is 6.30. The molecule has 0 bridgehead atoms. The van der Waals surface area contributed by atoms with E-state index in [1.165, 1.54) is 6.07 Å². The van der Waals surface area contributed by atoms with E-state index in [9.17, 15) is 21.6 Å². The summed E-state index contributed by atoms with van der Waals surface area (Å²) in [4.78, 5) is -0.281. The molecule has 0 aliphatic rings. The standard InChI is InChI=1S/C13H18F3NO2S/c1-3-17-10(2)7-8-20(18,19)12-6-4-5-11(9-12)13(14,15)16/h4-6,9-10,17H,3,7-8H2,1-2H3. The summed E-state index contributed by atoms with van der Waals surface area (Å²) in [6, 6.07) is 3.86. The van der Waals surface area contributed by atoms with Gasteiger partial charge in [-0.05, 0) is 38.1 Å². The van der Waals surface area contributed by atoms with Gasteiger partial charge in [0.15, 0.2) is 9.84 Å². The smallest absolute Gasteiger partial charge is 0.314 e. The van der Waals surface area contributed by atoms with Gasteiger partial charge in [0.1, 0.15) is 0 Å². The van der Waals surface area contributed by atoms with Crippen LogP contribution >= 0.6 is 0 Å². The summed E-state index contributed by atoms with van der Waals surface area (Å²) in [6.07, 6.45) is -4.19. The van der Waals surface area contributed by atoms with Crippen molar-refractivity contribution in [3.63, 3.8) is 0 Å². The van der Waals surface area contributed by atoms with E-state index in [2.05, 4.69) is 5.32 Å². The highest BCUT2D eigenvalue weighted by Gasteiger charge is 2.31. The highest BCUT2D eigenvalue weighted by atomic mass is 32.2. The van der Waals surface area contributed by atoms with Crippen molar-refractivity contribution in [2.75, 3.05) is 12.3 Å². The molecule has 0 aromatic heterocycles. The largest absolute Gasteiger partial charge is 0.416 e. The second-order valence-corrected chi connectivity index (χ2v) is 6.70. The molecule has 0 radical (unpaired) electrons. The molecule has 0 fully saturated rings. The van der Waals surface area contributed by atoms with Gasteiger partial charge in [0.05, 0.1) is 16.2 Å². The molecule has 0 saturated heterocycles. The van der Waals surface area contributed by atoms with E-state index >= 15 is 0 Å². The molecule has 7 heteroatoms. The van der Waals surface area contributed by atoms with Crippen molar-refractivity contribution in [1.82, 2.24) is 5.32 Å². The zero-order valence-electron chi connectivity index (χ0n) is 11.4. The molecule has 1 aromatic rings. The number of hydrogen-bond donors (Lipinski definition) is 1. The summed E-state index contributed by atoms with van der Waals surface area (Å²) in [6.45, 7) is 4.45. The molecular formula is C13H18F3NO2S. The maximum absolute atomic E-state index is 12.6. The van der Waals surface area contributed by atoms with Crippen molar-refractivity contribution in [1.29, 1.82) is 0 Å². The van der Waals surface area contributed by atoms with Crippen LogP contribution in [0.5, 0.6) is 0 Å². The highest BCUT2D eigenvalue weighted by Crippen LogP contribution is 2.30. The Morgan fingerprint density at radius 1 is 1.30 bits per heavy atom. The summed E-state index contributed by atoms with van der Waals surface area (Å²) in [5, 5.41) is 3.06. The first-order chi connectivity index (χ1) is 9.16. The van der Waals surface area contributed by atoms with Crippen LogP contribution in [0, 0.1) is 0 Å². The van der Waals surface area contributed by atoms with Gasteiger partial charge in [-0.1, -0.05) is 13.0 Å². The fourth-order valence-electron chi connectivity index (χ4n) is 1.77. The molecule has 114 valence electrons. The molecule has 1 aromatic carbocycles. The SMILES string of the molecule is CCNC(C)CCS(=O)(=O)c1cccc(C(F)(F)F)c1. The zero-order valence-corrected chi connectivity index (χ0v) is 12.2. The molecule has 1 N–H and O–H groups in total. The van der Waals surface area contributed by atoms with Crippen LogP contribution in [0.15, 0.2) is 29.2 Å². The lowest BCUT2D eigenvalue weighted by Gasteiger charge is -2.13. The topological polar surface area (TPSA) is 46.2 Å². The molecule has 0 spiro atoms. The number of rotatable bonds is 6. The van der Waals surface area contributed by atoms with Gasteiger partial charge in [-0.3, -0.25) is 0 Å². The van der Waals surface area contributed by atoms with Crippen LogP contribution in [0.3, 0.4) is 0 Å². The van der Waals surface area contributed by atoms with Crippen LogP contribution in [-0.4, -0.2) is 26.8 Å². The minimum atomic E-state index is -4.54.